The smallest absolute Gasteiger partial charge is 0.262 e. The predicted molar refractivity (Wildman–Crippen MR) is 90.5 cm³/mol. The van der Waals surface area contributed by atoms with Crippen LogP contribution < -0.4 is 20.1 Å². The fraction of sp³-hybridized carbons (Fsp3) is 0.222. The van der Waals surface area contributed by atoms with Crippen molar-refractivity contribution in [1.29, 1.82) is 0 Å². The van der Waals surface area contributed by atoms with E-state index in [1.54, 1.807) is 18.2 Å². The van der Waals surface area contributed by atoms with Gasteiger partial charge in [-0.15, -0.1) is 0 Å². The molecule has 2 aromatic rings. The van der Waals surface area contributed by atoms with Crippen molar-refractivity contribution in [2.75, 3.05) is 23.8 Å². The van der Waals surface area contributed by atoms with Crippen molar-refractivity contribution >= 4 is 23.2 Å². The number of carbonyl (C=O) groups excluding carboxylic acids is 2. The molecule has 6 heteroatoms. The summed E-state index contributed by atoms with van der Waals surface area (Å²) in [6, 6.07) is 12.7. The van der Waals surface area contributed by atoms with Crippen molar-refractivity contribution in [1.82, 2.24) is 0 Å². The lowest BCUT2D eigenvalue weighted by molar-refractivity contribution is -0.119. The summed E-state index contributed by atoms with van der Waals surface area (Å²) in [5.74, 6) is 0.751. The molecule has 124 valence electrons. The van der Waals surface area contributed by atoms with Gasteiger partial charge < -0.3 is 20.1 Å². The molecular formula is C18H18N2O4. The molecule has 0 fully saturated rings. The van der Waals surface area contributed by atoms with Gasteiger partial charge >= 0.3 is 0 Å². The van der Waals surface area contributed by atoms with Crippen LogP contribution in [0.25, 0.3) is 0 Å². The second-order valence-corrected chi connectivity index (χ2v) is 5.39. The van der Waals surface area contributed by atoms with Gasteiger partial charge in [0.05, 0.1) is 5.69 Å². The highest BCUT2D eigenvalue weighted by atomic mass is 16.5. The molecule has 6 nitrogen and oxygen atoms in total. The van der Waals surface area contributed by atoms with Gasteiger partial charge in [0.1, 0.15) is 11.5 Å². The maximum Gasteiger partial charge on any atom is 0.262 e. The molecule has 0 bridgehead atoms. The van der Waals surface area contributed by atoms with Crippen LogP contribution in [0.15, 0.2) is 42.5 Å². The van der Waals surface area contributed by atoms with Crippen molar-refractivity contribution in [2.24, 2.45) is 0 Å². The first-order valence-corrected chi connectivity index (χ1v) is 7.72. The first-order valence-electron chi connectivity index (χ1n) is 7.72. The molecule has 2 amide bonds. The second kappa shape index (κ2) is 7.04. The fourth-order valence-electron chi connectivity index (χ4n) is 2.36. The van der Waals surface area contributed by atoms with Crippen molar-refractivity contribution in [3.8, 4) is 11.5 Å². The minimum atomic E-state index is -0.278. The number of carbonyl (C=O) groups is 2. The number of aryl methyl sites for hydroxylation is 1. The van der Waals surface area contributed by atoms with Gasteiger partial charge in [-0.1, -0.05) is 19.1 Å². The van der Waals surface area contributed by atoms with E-state index < -0.39 is 0 Å². The lowest BCUT2D eigenvalue weighted by atomic mass is 10.2. The molecule has 0 aromatic heterocycles. The van der Waals surface area contributed by atoms with E-state index in [0.29, 0.717) is 22.9 Å². The minimum Gasteiger partial charge on any atom is -0.484 e. The number of rotatable bonds is 5. The molecule has 2 N–H and O–H groups in total. The van der Waals surface area contributed by atoms with Gasteiger partial charge in [0.25, 0.3) is 11.8 Å². The molecule has 1 aliphatic heterocycles. The zero-order chi connectivity index (χ0) is 16.9. The van der Waals surface area contributed by atoms with Crippen LogP contribution in [0.3, 0.4) is 0 Å². The highest BCUT2D eigenvalue weighted by Crippen LogP contribution is 2.30. The Morgan fingerprint density at radius 3 is 3.00 bits per heavy atom. The molecule has 0 spiro atoms. The number of ether oxygens (including phenoxy) is 2. The molecule has 0 unspecified atom stereocenters. The number of benzene rings is 2. The van der Waals surface area contributed by atoms with E-state index in [1.165, 1.54) is 0 Å². The van der Waals surface area contributed by atoms with Crippen LogP contribution in [0.5, 0.6) is 11.5 Å². The zero-order valence-corrected chi connectivity index (χ0v) is 13.3. The van der Waals surface area contributed by atoms with E-state index in [2.05, 4.69) is 17.6 Å². The fourth-order valence-corrected chi connectivity index (χ4v) is 2.36. The Morgan fingerprint density at radius 2 is 2.17 bits per heavy atom. The predicted octanol–water partition coefficient (Wildman–Crippen LogP) is 2.60. The van der Waals surface area contributed by atoms with Crippen molar-refractivity contribution in [3.05, 3.63) is 48.0 Å². The van der Waals surface area contributed by atoms with E-state index >= 15 is 0 Å². The Bertz CT molecular complexity index is 773. The molecule has 1 aliphatic rings. The molecule has 0 aliphatic carbocycles. The van der Waals surface area contributed by atoms with Gasteiger partial charge in [-0.25, -0.2) is 0 Å². The zero-order valence-electron chi connectivity index (χ0n) is 13.3. The SMILES string of the molecule is CCc1cccc(OCC(=O)Nc2ccc3c(c2)NC(=O)CO3)c1. The lowest BCUT2D eigenvalue weighted by Gasteiger charge is -2.18. The first-order chi connectivity index (χ1) is 11.6. The molecule has 2 aromatic carbocycles. The summed E-state index contributed by atoms with van der Waals surface area (Å²) >= 11 is 0. The van der Waals surface area contributed by atoms with Crippen LogP contribution >= 0.6 is 0 Å². The van der Waals surface area contributed by atoms with Gasteiger partial charge in [-0.05, 0) is 42.3 Å². The Labute approximate surface area is 139 Å². The van der Waals surface area contributed by atoms with Gasteiger partial charge in [0, 0.05) is 5.69 Å². The summed E-state index contributed by atoms with van der Waals surface area (Å²) in [5, 5.41) is 5.43. The second-order valence-electron chi connectivity index (χ2n) is 5.39. The molecule has 0 saturated carbocycles. The molecule has 24 heavy (non-hydrogen) atoms. The molecular weight excluding hydrogens is 308 g/mol. The average Bonchev–Trinajstić information content (AvgIpc) is 2.60. The number of hydrogen-bond acceptors (Lipinski definition) is 4. The maximum atomic E-state index is 12.0. The van der Waals surface area contributed by atoms with E-state index in [0.717, 1.165) is 12.0 Å². The van der Waals surface area contributed by atoms with Crippen molar-refractivity contribution in [3.63, 3.8) is 0 Å². The van der Waals surface area contributed by atoms with Crippen LogP contribution in [0, 0.1) is 0 Å². The summed E-state index contributed by atoms with van der Waals surface area (Å²) in [6.07, 6.45) is 0.909. The number of amides is 2. The minimum absolute atomic E-state index is 0.00334. The van der Waals surface area contributed by atoms with Gasteiger partial charge in [0.15, 0.2) is 13.2 Å². The molecule has 0 atom stereocenters. The monoisotopic (exact) mass is 326 g/mol. The van der Waals surface area contributed by atoms with Gasteiger partial charge in [-0.3, -0.25) is 9.59 Å². The third kappa shape index (κ3) is 3.84. The summed E-state index contributed by atoms with van der Waals surface area (Å²) in [4.78, 5) is 23.3. The third-order valence-corrected chi connectivity index (χ3v) is 3.57. The van der Waals surface area contributed by atoms with Crippen LogP contribution in [-0.4, -0.2) is 25.0 Å². The van der Waals surface area contributed by atoms with Crippen LogP contribution in [-0.2, 0) is 16.0 Å². The number of anilines is 2. The molecule has 0 saturated heterocycles. The molecule has 0 radical (unpaired) electrons. The number of nitrogens with one attached hydrogen (secondary N) is 2. The van der Waals surface area contributed by atoms with Crippen LogP contribution in [0.2, 0.25) is 0 Å². The number of hydrogen-bond donors (Lipinski definition) is 2. The summed E-state index contributed by atoms with van der Waals surface area (Å²) < 4.78 is 10.8. The lowest BCUT2D eigenvalue weighted by Crippen LogP contribution is -2.25. The summed E-state index contributed by atoms with van der Waals surface area (Å²) in [6.45, 7) is 1.97. The average molecular weight is 326 g/mol. The highest BCUT2D eigenvalue weighted by molar-refractivity contribution is 5.97. The Morgan fingerprint density at radius 1 is 1.29 bits per heavy atom. The third-order valence-electron chi connectivity index (χ3n) is 3.57. The molecule has 3 rings (SSSR count). The molecule has 1 heterocycles. The Balaban J connectivity index is 1.58. The Kier molecular flexibility index (Phi) is 4.65. The Hall–Kier alpha value is -3.02. The first kappa shape index (κ1) is 15.9. The van der Waals surface area contributed by atoms with Crippen molar-refractivity contribution < 1.29 is 19.1 Å². The largest absolute Gasteiger partial charge is 0.484 e. The highest BCUT2D eigenvalue weighted by Gasteiger charge is 2.16. The summed E-state index contributed by atoms with van der Waals surface area (Å²) in [7, 11) is 0. The number of fused-ring (bicyclic) bond motifs is 1. The quantitative estimate of drug-likeness (QED) is 0.885. The van der Waals surface area contributed by atoms with E-state index in [1.807, 2.05) is 24.3 Å². The van der Waals surface area contributed by atoms with E-state index in [-0.39, 0.29) is 25.0 Å². The van der Waals surface area contributed by atoms with E-state index in [9.17, 15) is 9.59 Å². The van der Waals surface area contributed by atoms with Crippen LogP contribution in [0.4, 0.5) is 11.4 Å². The topological polar surface area (TPSA) is 76.7 Å². The standard InChI is InChI=1S/C18H18N2O4/c1-2-12-4-3-5-14(8-12)23-10-17(21)19-13-6-7-16-15(9-13)20-18(22)11-24-16/h3-9H,2,10-11H2,1H3,(H,19,21)(H,20,22). The maximum absolute atomic E-state index is 12.0. The van der Waals surface area contributed by atoms with Gasteiger partial charge in [0.2, 0.25) is 0 Å². The van der Waals surface area contributed by atoms with Crippen LogP contribution in [0.1, 0.15) is 12.5 Å². The normalized spacial score (nSPS) is 12.6. The van der Waals surface area contributed by atoms with Crippen molar-refractivity contribution in [2.45, 2.75) is 13.3 Å². The van der Waals surface area contributed by atoms with E-state index in [4.69, 9.17) is 9.47 Å². The summed E-state index contributed by atoms with van der Waals surface area (Å²) in [5.41, 5.74) is 2.26. The van der Waals surface area contributed by atoms with Gasteiger partial charge in [-0.2, -0.15) is 0 Å².